The topological polar surface area (TPSA) is 89.6 Å². The van der Waals surface area contributed by atoms with Crippen molar-refractivity contribution in [2.24, 2.45) is 5.73 Å². The van der Waals surface area contributed by atoms with Crippen LogP contribution in [0.25, 0.3) is 22.3 Å². The Hall–Kier alpha value is -2.63. The van der Waals surface area contributed by atoms with Crippen LogP contribution in [-0.2, 0) is 0 Å². The fourth-order valence-electron chi connectivity index (χ4n) is 1.82. The van der Waals surface area contributed by atoms with E-state index < -0.39 is 6.03 Å². The number of carbonyl (C=O) groups excluding carboxylic acids is 1. The van der Waals surface area contributed by atoms with Gasteiger partial charge in [-0.15, -0.1) is 0 Å². The van der Waals surface area contributed by atoms with E-state index in [0.717, 1.165) is 11.1 Å². The van der Waals surface area contributed by atoms with Crippen LogP contribution in [0.15, 0.2) is 36.8 Å². The molecule has 17 heavy (non-hydrogen) atoms. The number of fused-ring (bicyclic) bond motifs is 1. The van der Waals surface area contributed by atoms with Crippen molar-refractivity contribution < 1.29 is 4.79 Å². The summed E-state index contributed by atoms with van der Waals surface area (Å²) >= 11 is 0. The summed E-state index contributed by atoms with van der Waals surface area (Å²) in [6.07, 6.45) is 3.22. The minimum atomic E-state index is -0.605. The Kier molecular flexibility index (Phi) is 1.94. The molecule has 0 saturated carbocycles. The monoisotopic (exact) mass is 227 g/mol. The van der Waals surface area contributed by atoms with Crippen molar-refractivity contribution in [3.63, 3.8) is 0 Å². The molecule has 0 aliphatic rings. The zero-order valence-corrected chi connectivity index (χ0v) is 8.79. The molecule has 0 aliphatic carbocycles. The van der Waals surface area contributed by atoms with Gasteiger partial charge in [0.2, 0.25) is 0 Å². The summed E-state index contributed by atoms with van der Waals surface area (Å²) in [5, 5.41) is 5.06. The molecule has 0 atom stereocenters. The summed E-state index contributed by atoms with van der Waals surface area (Å²) in [6, 6.07) is 6.80. The molecule has 1 amide bonds. The zero-order chi connectivity index (χ0) is 11.8. The Morgan fingerprint density at radius 1 is 1.35 bits per heavy atom. The molecule has 6 nitrogen and oxygen atoms in total. The van der Waals surface area contributed by atoms with Gasteiger partial charge in [0.05, 0.1) is 23.7 Å². The predicted molar refractivity (Wildman–Crippen MR) is 62.3 cm³/mol. The van der Waals surface area contributed by atoms with Crippen LogP contribution in [0, 0.1) is 0 Å². The van der Waals surface area contributed by atoms with E-state index in [1.807, 2.05) is 18.2 Å². The van der Waals surface area contributed by atoms with Crippen molar-refractivity contribution in [1.82, 2.24) is 19.7 Å². The quantitative estimate of drug-likeness (QED) is 0.657. The van der Waals surface area contributed by atoms with E-state index in [1.165, 1.54) is 4.68 Å². The second-order valence-corrected chi connectivity index (χ2v) is 3.58. The predicted octanol–water partition coefficient (Wildman–Crippen LogP) is 1.35. The number of hydrogen-bond donors (Lipinski definition) is 2. The molecule has 0 bridgehead atoms. The molecule has 0 aliphatic heterocycles. The summed E-state index contributed by atoms with van der Waals surface area (Å²) < 4.78 is 1.19. The number of hydrogen-bond acceptors (Lipinski definition) is 3. The number of rotatable bonds is 1. The fraction of sp³-hybridized carbons (Fsp3) is 0. The summed E-state index contributed by atoms with van der Waals surface area (Å²) in [7, 11) is 0. The number of amides is 1. The van der Waals surface area contributed by atoms with Gasteiger partial charge in [-0.25, -0.2) is 9.78 Å². The maximum atomic E-state index is 11.3. The number of nitrogens with one attached hydrogen (secondary N) is 1. The number of aromatic nitrogens is 4. The first kappa shape index (κ1) is 9.59. The lowest BCUT2D eigenvalue weighted by molar-refractivity contribution is 0.248. The molecule has 0 fully saturated rings. The average molecular weight is 227 g/mol. The first-order valence-corrected chi connectivity index (χ1v) is 5.03. The molecule has 0 spiro atoms. The zero-order valence-electron chi connectivity index (χ0n) is 8.79. The van der Waals surface area contributed by atoms with Crippen molar-refractivity contribution in [2.45, 2.75) is 0 Å². The summed E-state index contributed by atoms with van der Waals surface area (Å²) in [5.41, 5.74) is 7.38. The van der Waals surface area contributed by atoms with Crippen LogP contribution in [0.3, 0.4) is 0 Å². The molecular formula is C11H9N5O. The van der Waals surface area contributed by atoms with E-state index in [4.69, 9.17) is 5.73 Å². The average Bonchev–Trinajstić information content (AvgIpc) is 2.95. The minimum absolute atomic E-state index is 0.605. The maximum Gasteiger partial charge on any atom is 0.340 e. The molecule has 2 aromatic heterocycles. The molecule has 3 aromatic rings. The van der Waals surface area contributed by atoms with E-state index in [0.29, 0.717) is 11.2 Å². The number of aromatic amines is 1. The van der Waals surface area contributed by atoms with Gasteiger partial charge in [0, 0.05) is 5.39 Å². The standard InChI is InChI=1S/C11H9N5O/c12-11(17)16-9-4-2-1-3-7(9)10(15-16)8-5-13-6-14-8/h1-6H,(H2,12,17)(H,13,14). The summed E-state index contributed by atoms with van der Waals surface area (Å²) in [4.78, 5) is 18.2. The van der Waals surface area contributed by atoms with E-state index in [1.54, 1.807) is 18.6 Å². The van der Waals surface area contributed by atoms with E-state index in [-0.39, 0.29) is 0 Å². The molecular weight excluding hydrogens is 218 g/mol. The second kappa shape index (κ2) is 3.44. The number of carbonyl (C=O) groups is 1. The maximum absolute atomic E-state index is 11.3. The van der Waals surface area contributed by atoms with Crippen LogP contribution in [0.4, 0.5) is 4.79 Å². The SMILES string of the molecule is NC(=O)n1nc(-c2cnc[nH]2)c2ccccc21. The van der Waals surface area contributed by atoms with Crippen molar-refractivity contribution in [1.29, 1.82) is 0 Å². The summed E-state index contributed by atoms with van der Waals surface area (Å²) in [5.74, 6) is 0. The van der Waals surface area contributed by atoms with Crippen LogP contribution in [0.5, 0.6) is 0 Å². The van der Waals surface area contributed by atoms with Gasteiger partial charge in [0.15, 0.2) is 0 Å². The third-order valence-electron chi connectivity index (χ3n) is 2.55. The highest BCUT2D eigenvalue weighted by Crippen LogP contribution is 2.25. The van der Waals surface area contributed by atoms with Gasteiger partial charge in [-0.1, -0.05) is 18.2 Å². The number of benzene rings is 1. The second-order valence-electron chi connectivity index (χ2n) is 3.58. The normalized spacial score (nSPS) is 10.8. The Labute approximate surface area is 96.1 Å². The first-order valence-electron chi connectivity index (χ1n) is 5.03. The highest BCUT2D eigenvalue weighted by molar-refractivity contribution is 5.97. The first-order chi connectivity index (χ1) is 8.27. The number of H-pyrrole nitrogens is 1. The van der Waals surface area contributed by atoms with Gasteiger partial charge in [0.25, 0.3) is 0 Å². The molecule has 1 aromatic carbocycles. The molecule has 2 heterocycles. The number of imidazole rings is 1. The highest BCUT2D eigenvalue weighted by atomic mass is 16.2. The number of primary amides is 1. The Bertz CT molecular complexity index is 683. The van der Waals surface area contributed by atoms with Crippen LogP contribution in [0.2, 0.25) is 0 Å². The largest absolute Gasteiger partial charge is 0.350 e. The number of para-hydroxylation sites is 1. The van der Waals surface area contributed by atoms with E-state index in [2.05, 4.69) is 15.1 Å². The lowest BCUT2D eigenvalue weighted by Crippen LogP contribution is -2.20. The Morgan fingerprint density at radius 2 is 2.18 bits per heavy atom. The van der Waals surface area contributed by atoms with E-state index in [9.17, 15) is 4.79 Å². The van der Waals surface area contributed by atoms with E-state index >= 15 is 0 Å². The van der Waals surface area contributed by atoms with Crippen molar-refractivity contribution >= 4 is 16.9 Å². The molecule has 0 saturated heterocycles. The van der Waals surface area contributed by atoms with Crippen molar-refractivity contribution in [2.75, 3.05) is 0 Å². The van der Waals surface area contributed by atoms with Crippen LogP contribution >= 0.6 is 0 Å². The number of nitrogens with two attached hydrogens (primary N) is 1. The van der Waals surface area contributed by atoms with Gasteiger partial charge < -0.3 is 10.7 Å². The number of nitrogens with zero attached hydrogens (tertiary/aromatic N) is 3. The smallest absolute Gasteiger partial charge is 0.340 e. The van der Waals surface area contributed by atoms with Crippen LogP contribution in [-0.4, -0.2) is 25.8 Å². The molecule has 0 radical (unpaired) electrons. The van der Waals surface area contributed by atoms with Gasteiger partial charge >= 0.3 is 6.03 Å². The molecule has 6 heteroatoms. The third kappa shape index (κ3) is 1.38. The molecule has 84 valence electrons. The Balaban J connectivity index is 2.37. The Morgan fingerprint density at radius 3 is 2.88 bits per heavy atom. The fourth-order valence-corrected chi connectivity index (χ4v) is 1.82. The van der Waals surface area contributed by atoms with Crippen molar-refractivity contribution in [3.05, 3.63) is 36.8 Å². The summed E-state index contributed by atoms with van der Waals surface area (Å²) in [6.45, 7) is 0. The molecule has 3 N–H and O–H groups in total. The highest BCUT2D eigenvalue weighted by Gasteiger charge is 2.14. The third-order valence-corrected chi connectivity index (χ3v) is 2.55. The van der Waals surface area contributed by atoms with Crippen LogP contribution in [0.1, 0.15) is 0 Å². The van der Waals surface area contributed by atoms with Gasteiger partial charge in [-0.3, -0.25) is 0 Å². The molecule has 3 rings (SSSR count). The van der Waals surface area contributed by atoms with Gasteiger partial charge in [-0.2, -0.15) is 9.78 Å². The van der Waals surface area contributed by atoms with Crippen LogP contribution < -0.4 is 5.73 Å². The lowest BCUT2D eigenvalue weighted by Gasteiger charge is -1.94. The molecule has 0 unspecified atom stereocenters. The van der Waals surface area contributed by atoms with Gasteiger partial charge in [0.1, 0.15) is 5.69 Å². The van der Waals surface area contributed by atoms with Gasteiger partial charge in [-0.05, 0) is 6.07 Å². The minimum Gasteiger partial charge on any atom is -0.350 e. The van der Waals surface area contributed by atoms with Crippen molar-refractivity contribution in [3.8, 4) is 11.4 Å². The lowest BCUT2D eigenvalue weighted by atomic mass is 10.2.